The van der Waals surface area contributed by atoms with Gasteiger partial charge in [0.25, 0.3) is 0 Å². The second-order valence-electron chi connectivity index (χ2n) is 4.49. The number of urea groups is 1. The molecule has 2 amide bonds. The lowest BCUT2D eigenvalue weighted by molar-refractivity contribution is 0.221. The van der Waals surface area contributed by atoms with Crippen molar-refractivity contribution in [2.45, 2.75) is 20.3 Å². The molecule has 1 aliphatic rings. The van der Waals surface area contributed by atoms with Crippen LogP contribution in [0.4, 0.5) is 10.6 Å². The Labute approximate surface area is 95.7 Å². The van der Waals surface area contributed by atoms with E-state index in [0.717, 1.165) is 25.1 Å². The molecule has 86 valence electrons. The number of anilines is 1. The quantitative estimate of drug-likeness (QED) is 0.787. The van der Waals surface area contributed by atoms with Crippen LogP contribution in [0.2, 0.25) is 0 Å². The van der Waals surface area contributed by atoms with Crippen LogP contribution in [0.25, 0.3) is 0 Å². The zero-order valence-electron chi connectivity index (χ0n) is 9.73. The Hall–Kier alpha value is -1.58. The molecule has 4 nitrogen and oxygen atoms in total. The Morgan fingerprint density at radius 2 is 2.44 bits per heavy atom. The number of aryl methyl sites for hydroxylation is 1. The van der Waals surface area contributed by atoms with E-state index >= 15 is 0 Å². The van der Waals surface area contributed by atoms with Gasteiger partial charge in [-0.2, -0.15) is 0 Å². The SMILES string of the molecule is Cc1ccnc(NC(=O)N2CCC(C)C2)c1. The van der Waals surface area contributed by atoms with E-state index in [-0.39, 0.29) is 6.03 Å². The highest BCUT2D eigenvalue weighted by atomic mass is 16.2. The minimum atomic E-state index is -0.0394. The number of carbonyl (C=O) groups is 1. The van der Waals surface area contributed by atoms with Crippen molar-refractivity contribution in [3.63, 3.8) is 0 Å². The highest BCUT2D eigenvalue weighted by Gasteiger charge is 2.23. The third-order valence-electron chi connectivity index (χ3n) is 2.86. The van der Waals surface area contributed by atoms with Crippen molar-refractivity contribution in [2.24, 2.45) is 5.92 Å². The van der Waals surface area contributed by atoms with Gasteiger partial charge in [-0.1, -0.05) is 6.92 Å². The summed E-state index contributed by atoms with van der Waals surface area (Å²) in [5, 5.41) is 2.82. The van der Waals surface area contributed by atoms with Crippen LogP contribution in [0.5, 0.6) is 0 Å². The number of amides is 2. The van der Waals surface area contributed by atoms with E-state index in [0.29, 0.717) is 11.7 Å². The number of aromatic nitrogens is 1. The van der Waals surface area contributed by atoms with Crippen LogP contribution in [0.3, 0.4) is 0 Å². The zero-order chi connectivity index (χ0) is 11.5. The average Bonchev–Trinajstić information content (AvgIpc) is 2.65. The van der Waals surface area contributed by atoms with Gasteiger partial charge in [-0.25, -0.2) is 9.78 Å². The van der Waals surface area contributed by atoms with Gasteiger partial charge in [0.2, 0.25) is 0 Å². The van der Waals surface area contributed by atoms with Gasteiger partial charge < -0.3 is 4.90 Å². The summed E-state index contributed by atoms with van der Waals surface area (Å²) in [5.74, 6) is 1.24. The zero-order valence-corrected chi connectivity index (χ0v) is 9.73. The second kappa shape index (κ2) is 4.51. The van der Waals surface area contributed by atoms with Crippen LogP contribution in [0.15, 0.2) is 18.3 Å². The summed E-state index contributed by atoms with van der Waals surface area (Å²) in [5.41, 5.74) is 1.10. The molecule has 1 atom stereocenters. The Morgan fingerprint density at radius 1 is 1.62 bits per heavy atom. The first-order valence-electron chi connectivity index (χ1n) is 5.64. The van der Waals surface area contributed by atoms with Crippen molar-refractivity contribution in [3.8, 4) is 0 Å². The van der Waals surface area contributed by atoms with Gasteiger partial charge in [0.1, 0.15) is 5.82 Å². The van der Waals surface area contributed by atoms with Crippen molar-refractivity contribution >= 4 is 11.8 Å². The molecule has 0 aromatic carbocycles. The highest BCUT2D eigenvalue weighted by Crippen LogP contribution is 2.16. The summed E-state index contributed by atoms with van der Waals surface area (Å²) in [6.45, 7) is 5.84. The van der Waals surface area contributed by atoms with Gasteiger partial charge in [-0.15, -0.1) is 0 Å². The summed E-state index contributed by atoms with van der Waals surface area (Å²) in [6.07, 6.45) is 2.80. The fourth-order valence-electron chi connectivity index (χ4n) is 1.91. The molecular weight excluding hydrogens is 202 g/mol. The molecule has 16 heavy (non-hydrogen) atoms. The van der Waals surface area contributed by atoms with Crippen molar-refractivity contribution in [3.05, 3.63) is 23.9 Å². The van der Waals surface area contributed by atoms with Crippen LogP contribution in [-0.2, 0) is 0 Å². The minimum absolute atomic E-state index is 0.0394. The van der Waals surface area contributed by atoms with E-state index < -0.39 is 0 Å². The van der Waals surface area contributed by atoms with Gasteiger partial charge in [0.05, 0.1) is 0 Å². The number of nitrogens with one attached hydrogen (secondary N) is 1. The van der Waals surface area contributed by atoms with E-state index in [2.05, 4.69) is 17.2 Å². The molecule has 2 rings (SSSR count). The fraction of sp³-hybridized carbons (Fsp3) is 0.500. The number of pyridine rings is 1. The first-order chi connectivity index (χ1) is 7.65. The summed E-state index contributed by atoms with van der Waals surface area (Å²) >= 11 is 0. The van der Waals surface area contributed by atoms with Crippen LogP contribution >= 0.6 is 0 Å². The molecule has 1 N–H and O–H groups in total. The summed E-state index contributed by atoms with van der Waals surface area (Å²) in [4.78, 5) is 17.8. The molecule has 0 aliphatic carbocycles. The van der Waals surface area contributed by atoms with Crippen molar-refractivity contribution in [2.75, 3.05) is 18.4 Å². The number of nitrogens with zero attached hydrogens (tertiary/aromatic N) is 2. The number of carbonyl (C=O) groups excluding carboxylic acids is 1. The maximum Gasteiger partial charge on any atom is 0.323 e. The van der Waals surface area contributed by atoms with E-state index in [1.165, 1.54) is 0 Å². The normalized spacial score (nSPS) is 19.9. The van der Waals surface area contributed by atoms with E-state index in [1.54, 1.807) is 6.20 Å². The predicted octanol–water partition coefficient (Wildman–Crippen LogP) is 2.26. The Bertz CT molecular complexity index is 392. The monoisotopic (exact) mass is 219 g/mol. The summed E-state index contributed by atoms with van der Waals surface area (Å²) < 4.78 is 0. The molecular formula is C12H17N3O. The number of hydrogen-bond donors (Lipinski definition) is 1. The molecule has 1 unspecified atom stereocenters. The van der Waals surface area contributed by atoms with Crippen LogP contribution in [-0.4, -0.2) is 29.0 Å². The van der Waals surface area contributed by atoms with Crippen molar-refractivity contribution < 1.29 is 4.79 Å². The van der Waals surface area contributed by atoms with Crippen LogP contribution < -0.4 is 5.32 Å². The molecule has 1 aliphatic heterocycles. The second-order valence-corrected chi connectivity index (χ2v) is 4.49. The fourth-order valence-corrected chi connectivity index (χ4v) is 1.91. The molecule has 1 fully saturated rings. The summed E-state index contributed by atoms with van der Waals surface area (Å²) in [6, 6.07) is 3.74. The third-order valence-corrected chi connectivity index (χ3v) is 2.86. The Kier molecular flexibility index (Phi) is 3.08. The van der Waals surface area contributed by atoms with E-state index in [9.17, 15) is 4.79 Å². The number of likely N-dealkylation sites (tertiary alicyclic amines) is 1. The predicted molar refractivity (Wildman–Crippen MR) is 63.3 cm³/mol. The summed E-state index contributed by atoms with van der Waals surface area (Å²) in [7, 11) is 0. The van der Waals surface area contributed by atoms with Gasteiger partial charge in [0, 0.05) is 19.3 Å². The standard InChI is InChI=1S/C12H17N3O/c1-9-3-5-13-11(7-9)14-12(16)15-6-4-10(2)8-15/h3,5,7,10H,4,6,8H2,1-2H3,(H,13,14,16). The Balaban J connectivity index is 1.97. The maximum atomic E-state index is 11.8. The third kappa shape index (κ3) is 2.51. The molecule has 0 radical (unpaired) electrons. The largest absolute Gasteiger partial charge is 0.324 e. The van der Waals surface area contributed by atoms with Gasteiger partial charge >= 0.3 is 6.03 Å². The molecule has 1 aromatic rings. The Morgan fingerprint density at radius 3 is 3.06 bits per heavy atom. The van der Waals surface area contributed by atoms with E-state index in [1.807, 2.05) is 24.0 Å². The molecule has 2 heterocycles. The van der Waals surface area contributed by atoms with Gasteiger partial charge in [0.15, 0.2) is 0 Å². The topological polar surface area (TPSA) is 45.2 Å². The minimum Gasteiger partial charge on any atom is -0.324 e. The molecule has 0 saturated carbocycles. The van der Waals surface area contributed by atoms with Gasteiger partial charge in [-0.3, -0.25) is 5.32 Å². The smallest absolute Gasteiger partial charge is 0.323 e. The highest BCUT2D eigenvalue weighted by molar-refractivity contribution is 5.88. The lowest BCUT2D eigenvalue weighted by atomic mass is 10.2. The molecule has 1 saturated heterocycles. The van der Waals surface area contributed by atoms with Crippen LogP contribution in [0, 0.1) is 12.8 Å². The molecule has 4 heteroatoms. The van der Waals surface area contributed by atoms with E-state index in [4.69, 9.17) is 0 Å². The van der Waals surface area contributed by atoms with Gasteiger partial charge in [-0.05, 0) is 37.0 Å². The average molecular weight is 219 g/mol. The van der Waals surface area contributed by atoms with Crippen molar-refractivity contribution in [1.82, 2.24) is 9.88 Å². The maximum absolute atomic E-state index is 11.8. The van der Waals surface area contributed by atoms with Crippen molar-refractivity contribution in [1.29, 1.82) is 0 Å². The lowest BCUT2D eigenvalue weighted by Crippen LogP contribution is -2.33. The molecule has 1 aromatic heterocycles. The first kappa shape index (κ1) is 10.9. The molecule has 0 bridgehead atoms. The first-order valence-corrected chi connectivity index (χ1v) is 5.64. The molecule has 0 spiro atoms. The van der Waals surface area contributed by atoms with Crippen LogP contribution in [0.1, 0.15) is 18.9 Å². The number of rotatable bonds is 1. The number of hydrogen-bond acceptors (Lipinski definition) is 2. The lowest BCUT2D eigenvalue weighted by Gasteiger charge is -2.16.